The molecule has 3 radical (unpaired) electrons. The zero-order valence-electron chi connectivity index (χ0n) is 5.00. The maximum atomic E-state index is 6.44. The summed E-state index contributed by atoms with van der Waals surface area (Å²) in [6.45, 7) is 0.376. The third-order valence-electron chi connectivity index (χ3n) is 1.08. The van der Waals surface area contributed by atoms with Crippen molar-refractivity contribution in [1.82, 2.24) is 0 Å². The van der Waals surface area contributed by atoms with E-state index >= 15 is 0 Å². The number of hydrogen-bond acceptors (Lipinski definition) is 1. The second-order valence-corrected chi connectivity index (χ2v) is 1.77. The van der Waals surface area contributed by atoms with Gasteiger partial charge < -0.3 is 4.74 Å². The highest BCUT2D eigenvalue weighted by Crippen LogP contribution is 1.98. The summed E-state index contributed by atoms with van der Waals surface area (Å²) in [6, 6.07) is 9.64. The average Bonchev–Trinajstić information content (AvgIpc) is 1.91. The highest BCUT2D eigenvalue weighted by atomic mass is 16.3. The molecule has 0 aliphatic rings. The van der Waals surface area contributed by atoms with Gasteiger partial charge in [0.25, 0.3) is 0 Å². The first kappa shape index (κ1) is 6.30. The molecule has 0 fully saturated rings. The monoisotopic (exact) mass is 108 g/mol. The van der Waals surface area contributed by atoms with Gasteiger partial charge in [-0.15, -0.1) is 0 Å². The van der Waals surface area contributed by atoms with E-state index in [-0.39, 0.29) is 0 Å². The first-order valence-electron chi connectivity index (χ1n) is 2.76. The van der Waals surface area contributed by atoms with Crippen LogP contribution in [0.4, 0.5) is 0 Å². The molecule has 1 heteroatoms. The van der Waals surface area contributed by atoms with Crippen LogP contribution in [-0.4, -0.2) is 0 Å². The van der Waals surface area contributed by atoms with Crippen LogP contribution < -0.4 is 0 Å². The fourth-order valence-electron chi connectivity index (χ4n) is 0.658. The van der Waals surface area contributed by atoms with Gasteiger partial charge in [0.05, 0.1) is 6.61 Å². The Balaban J connectivity index is 2.61. The Hall–Kier alpha value is -0.820. The quantitative estimate of drug-likeness (QED) is 0.560. The number of rotatable bonds is 2. The molecule has 0 bridgehead atoms. The van der Waals surface area contributed by atoms with Gasteiger partial charge in [-0.2, -0.15) is 0 Å². The lowest BCUT2D eigenvalue weighted by atomic mass is 0.933. The van der Waals surface area contributed by atoms with Crippen molar-refractivity contribution < 1.29 is 4.74 Å². The van der Waals surface area contributed by atoms with E-state index < -0.39 is 0 Å². The minimum Gasteiger partial charge on any atom is -0.360 e. The van der Waals surface area contributed by atoms with Crippen molar-refractivity contribution in [2.75, 3.05) is 0 Å². The van der Waals surface area contributed by atoms with Gasteiger partial charge in [-0.3, -0.25) is 0 Å². The molecular formula is C8H7O. The van der Waals surface area contributed by atoms with E-state index in [9.17, 15) is 0 Å². The number of benzene rings is 1. The molecule has 0 spiro atoms. The van der Waals surface area contributed by atoms with E-state index in [0.29, 0.717) is 6.61 Å². The third-order valence-corrected chi connectivity index (χ3v) is 1.08. The summed E-state index contributed by atoms with van der Waals surface area (Å²) in [7, 11) is 6.44. The third kappa shape index (κ3) is 1.86. The SMILES string of the molecule is [1C]OCc1ccccc1. The van der Waals surface area contributed by atoms with Crippen LogP contribution in [0.1, 0.15) is 5.56 Å². The molecule has 0 amide bonds. The molecule has 1 nitrogen and oxygen atoms in total. The van der Waals surface area contributed by atoms with E-state index in [1.807, 2.05) is 30.3 Å². The number of hydrogen-bond donors (Lipinski definition) is 0. The molecule has 0 heterocycles. The largest absolute Gasteiger partial charge is 0.360 e. The Kier molecular flexibility index (Phi) is 2.28. The molecule has 1 rings (SSSR count). The lowest BCUT2D eigenvalue weighted by Crippen LogP contribution is -1.82. The Morgan fingerprint density at radius 1 is 1.22 bits per heavy atom. The van der Waals surface area contributed by atoms with Gasteiger partial charge in [0.15, 0.2) is 7.11 Å². The van der Waals surface area contributed by atoms with E-state index in [2.05, 4.69) is 4.74 Å². The molecule has 0 aliphatic heterocycles. The van der Waals surface area contributed by atoms with Crippen LogP contribution in [-0.2, 0) is 11.3 Å². The molecule has 0 saturated heterocycles. The van der Waals surface area contributed by atoms with Crippen molar-refractivity contribution in [2.24, 2.45) is 0 Å². The van der Waals surface area contributed by atoms with Gasteiger partial charge in [0.1, 0.15) is 0 Å². The molecule has 1 aromatic rings. The van der Waals surface area contributed by atoms with Crippen LogP contribution in [0.3, 0.4) is 0 Å². The smallest absolute Gasteiger partial charge is 0.174 e. The number of ether oxygens (including phenoxy) is 1. The fraction of sp³-hybridized carbons (Fsp3) is 0.125. The van der Waals surface area contributed by atoms with Crippen LogP contribution in [0.15, 0.2) is 30.3 Å². The van der Waals surface area contributed by atoms with Gasteiger partial charge in [-0.25, -0.2) is 0 Å². The molecule has 0 aromatic heterocycles. The molecular weight excluding hydrogens is 101 g/mol. The predicted molar refractivity (Wildman–Crippen MR) is 34.5 cm³/mol. The zero-order chi connectivity index (χ0) is 6.53. The highest BCUT2D eigenvalue weighted by Gasteiger charge is 1.85. The fourth-order valence-corrected chi connectivity index (χ4v) is 0.658. The van der Waals surface area contributed by atoms with Crippen LogP contribution in [0.25, 0.3) is 0 Å². The first-order chi connectivity index (χ1) is 4.43. The second kappa shape index (κ2) is 3.25. The minimum absolute atomic E-state index is 0.376. The van der Waals surface area contributed by atoms with Crippen molar-refractivity contribution in [3.05, 3.63) is 43.0 Å². The second-order valence-electron chi connectivity index (χ2n) is 1.77. The summed E-state index contributed by atoms with van der Waals surface area (Å²) in [5, 5.41) is 0. The molecule has 9 heavy (non-hydrogen) atoms. The minimum atomic E-state index is 0.376. The Morgan fingerprint density at radius 2 is 1.89 bits per heavy atom. The van der Waals surface area contributed by atoms with Crippen molar-refractivity contribution >= 4 is 0 Å². The van der Waals surface area contributed by atoms with E-state index in [0.717, 1.165) is 5.56 Å². The molecule has 0 unspecified atom stereocenters. The average molecular weight is 108 g/mol. The highest BCUT2D eigenvalue weighted by molar-refractivity contribution is 5.13. The molecule has 0 aliphatic carbocycles. The molecule has 45 valence electrons. The van der Waals surface area contributed by atoms with Crippen molar-refractivity contribution in [3.63, 3.8) is 0 Å². The van der Waals surface area contributed by atoms with Gasteiger partial charge in [0, 0.05) is 0 Å². The van der Waals surface area contributed by atoms with Gasteiger partial charge in [-0.1, -0.05) is 30.3 Å². The van der Waals surface area contributed by atoms with Crippen LogP contribution in [0, 0.1) is 7.11 Å². The normalized spacial score (nSPS) is 9.44. The maximum Gasteiger partial charge on any atom is 0.174 e. The van der Waals surface area contributed by atoms with Crippen LogP contribution >= 0.6 is 0 Å². The topological polar surface area (TPSA) is 9.23 Å². The van der Waals surface area contributed by atoms with Crippen molar-refractivity contribution in [1.29, 1.82) is 0 Å². The van der Waals surface area contributed by atoms with Gasteiger partial charge >= 0.3 is 0 Å². The lowest BCUT2D eigenvalue weighted by Gasteiger charge is -1.94. The summed E-state index contributed by atoms with van der Waals surface area (Å²) in [5.41, 5.74) is 1.03. The Morgan fingerprint density at radius 3 is 2.44 bits per heavy atom. The van der Waals surface area contributed by atoms with E-state index in [1.54, 1.807) is 0 Å². The van der Waals surface area contributed by atoms with Gasteiger partial charge in [-0.05, 0) is 5.56 Å². The standard InChI is InChI=1S/C8H7O/c1-9-7-8-5-3-2-4-6-8/h2-6H,7H2/i1-11. The summed E-state index contributed by atoms with van der Waals surface area (Å²) in [4.78, 5) is 0. The summed E-state index contributed by atoms with van der Waals surface area (Å²) >= 11 is 0. The van der Waals surface area contributed by atoms with E-state index in [1.165, 1.54) is 0 Å². The molecule has 0 N–H and O–H groups in total. The summed E-state index contributed by atoms with van der Waals surface area (Å²) in [5.74, 6) is 0. The summed E-state index contributed by atoms with van der Waals surface area (Å²) < 4.78 is 4.18. The Bertz CT molecular complexity index is 157. The Labute approximate surface area is 55.3 Å². The van der Waals surface area contributed by atoms with Crippen LogP contribution in [0.2, 0.25) is 0 Å². The van der Waals surface area contributed by atoms with Gasteiger partial charge in [0.2, 0.25) is 0 Å². The van der Waals surface area contributed by atoms with E-state index in [4.69, 9.17) is 7.11 Å². The van der Waals surface area contributed by atoms with Crippen molar-refractivity contribution in [2.45, 2.75) is 6.61 Å². The van der Waals surface area contributed by atoms with Crippen molar-refractivity contribution in [3.8, 4) is 0 Å². The lowest BCUT2D eigenvalue weighted by molar-refractivity contribution is 0.229. The molecule has 0 atom stereocenters. The zero-order valence-corrected chi connectivity index (χ0v) is 5.00. The summed E-state index contributed by atoms with van der Waals surface area (Å²) in [6.07, 6.45) is 0. The molecule has 1 aromatic carbocycles. The molecule has 0 saturated carbocycles. The predicted octanol–water partition coefficient (Wildman–Crippen LogP) is 1.75. The maximum absolute atomic E-state index is 6.44. The first-order valence-corrected chi connectivity index (χ1v) is 2.76. The van der Waals surface area contributed by atoms with Crippen LogP contribution in [0.5, 0.6) is 0 Å².